The lowest BCUT2D eigenvalue weighted by Crippen LogP contribution is -2.16. The highest BCUT2D eigenvalue weighted by molar-refractivity contribution is 8.00. The Morgan fingerprint density at radius 3 is 2.57 bits per heavy atom. The summed E-state index contributed by atoms with van der Waals surface area (Å²) in [5.41, 5.74) is 2.65. The highest BCUT2D eigenvalue weighted by atomic mass is 32.2. The van der Waals surface area contributed by atoms with E-state index in [4.69, 9.17) is 0 Å². The van der Waals surface area contributed by atoms with Crippen LogP contribution in [0, 0.1) is 0 Å². The van der Waals surface area contributed by atoms with E-state index in [1.165, 1.54) is 11.9 Å². The molecule has 0 amide bonds. The van der Waals surface area contributed by atoms with Crippen LogP contribution in [0.15, 0.2) is 24.8 Å². The average molecular weight is 116 g/mol. The van der Waals surface area contributed by atoms with E-state index in [0.29, 0.717) is 0 Å². The van der Waals surface area contributed by atoms with Crippen LogP contribution >= 0.6 is 11.9 Å². The van der Waals surface area contributed by atoms with Crippen LogP contribution in [0.4, 0.5) is 0 Å². The zero-order valence-corrected chi connectivity index (χ0v) is 4.79. The van der Waals surface area contributed by atoms with Crippen LogP contribution in [0.25, 0.3) is 0 Å². The Bertz CT molecular complexity index is 54.7. The van der Waals surface area contributed by atoms with Crippen molar-refractivity contribution in [3.63, 3.8) is 0 Å². The SMILES string of the molecule is C=CNNSC=C. The highest BCUT2D eigenvalue weighted by Gasteiger charge is 1.66. The van der Waals surface area contributed by atoms with Crippen molar-refractivity contribution < 1.29 is 0 Å². The first-order valence-electron chi connectivity index (χ1n) is 1.79. The van der Waals surface area contributed by atoms with Crippen molar-refractivity contribution in [2.24, 2.45) is 0 Å². The second-order valence-corrected chi connectivity index (χ2v) is 1.51. The maximum Gasteiger partial charge on any atom is 0.00623 e. The Hall–Kier alpha value is -0.410. The van der Waals surface area contributed by atoms with Crippen LogP contribution in [-0.2, 0) is 0 Å². The van der Waals surface area contributed by atoms with Gasteiger partial charge in [-0.1, -0.05) is 13.2 Å². The van der Waals surface area contributed by atoms with Gasteiger partial charge in [-0.3, -0.25) is 0 Å². The third-order valence-electron chi connectivity index (χ3n) is 0.303. The molecule has 0 radical (unpaired) electrons. The summed E-state index contributed by atoms with van der Waals surface area (Å²) in [7, 11) is 0. The molecule has 0 aromatic carbocycles. The van der Waals surface area contributed by atoms with Crippen LogP contribution in [0.1, 0.15) is 0 Å². The maximum absolute atomic E-state index is 3.46. The van der Waals surface area contributed by atoms with Gasteiger partial charge in [-0.25, -0.2) is 0 Å². The fraction of sp³-hybridized carbons (Fsp3) is 0. The Morgan fingerprint density at radius 2 is 2.14 bits per heavy atom. The summed E-state index contributed by atoms with van der Waals surface area (Å²) in [6.07, 6.45) is 1.55. The minimum Gasteiger partial charge on any atom is -0.319 e. The summed E-state index contributed by atoms with van der Waals surface area (Å²) in [6, 6.07) is 0. The molecule has 7 heavy (non-hydrogen) atoms. The lowest BCUT2D eigenvalue weighted by Gasteiger charge is -1.93. The molecular formula is C4H8N2S. The van der Waals surface area contributed by atoms with E-state index in [0.717, 1.165) is 0 Å². The Balaban J connectivity index is 2.68. The molecule has 2 nitrogen and oxygen atoms in total. The zero-order chi connectivity index (χ0) is 5.54. The largest absolute Gasteiger partial charge is 0.319 e. The third-order valence-corrected chi connectivity index (χ3v) is 0.706. The lowest BCUT2D eigenvalue weighted by molar-refractivity contribution is 0.882. The normalized spacial score (nSPS) is 7.43. The smallest absolute Gasteiger partial charge is 0.00623 e. The Labute approximate surface area is 47.8 Å². The minimum atomic E-state index is 1.36. The molecule has 0 aromatic rings. The molecule has 0 aliphatic carbocycles. The van der Waals surface area contributed by atoms with Crippen molar-refractivity contribution in [3.8, 4) is 0 Å². The molecule has 0 saturated carbocycles. The summed E-state index contributed by atoms with van der Waals surface area (Å²) in [5.74, 6) is 0. The van der Waals surface area contributed by atoms with Crippen LogP contribution in [0.3, 0.4) is 0 Å². The van der Waals surface area contributed by atoms with Gasteiger partial charge in [0.25, 0.3) is 0 Å². The Morgan fingerprint density at radius 1 is 1.43 bits per heavy atom. The molecule has 0 unspecified atom stereocenters. The van der Waals surface area contributed by atoms with Crippen molar-refractivity contribution in [2.75, 3.05) is 0 Å². The molecule has 0 saturated heterocycles. The number of nitrogens with one attached hydrogen (secondary N) is 2. The lowest BCUT2D eigenvalue weighted by atomic mass is 11.1. The van der Waals surface area contributed by atoms with Gasteiger partial charge in [0.05, 0.1) is 0 Å². The molecule has 0 atom stereocenters. The summed E-state index contributed by atoms with van der Waals surface area (Å²) in [4.78, 5) is 2.72. The standard InChI is InChI=1S/C4H8N2S/c1-3-5-6-7-4-2/h3-6H,1-2H2. The average Bonchev–Trinajstić information content (AvgIpc) is 1.69. The quantitative estimate of drug-likeness (QED) is 0.326. The molecule has 0 aromatic heterocycles. The number of rotatable bonds is 4. The summed E-state index contributed by atoms with van der Waals surface area (Å²) < 4.78 is 0. The van der Waals surface area contributed by atoms with Gasteiger partial charge in [0, 0.05) is 6.20 Å². The second-order valence-electron chi connectivity index (χ2n) is 0.735. The summed E-state index contributed by atoms with van der Waals surface area (Å²) >= 11 is 1.36. The van der Waals surface area contributed by atoms with E-state index < -0.39 is 0 Å². The molecule has 0 heterocycles. The predicted molar refractivity (Wildman–Crippen MR) is 34.3 cm³/mol. The van der Waals surface area contributed by atoms with Gasteiger partial charge in [-0.05, 0) is 17.4 Å². The molecule has 0 spiro atoms. The predicted octanol–water partition coefficient (Wildman–Crippen LogP) is 1.02. The van der Waals surface area contributed by atoms with E-state index >= 15 is 0 Å². The third kappa shape index (κ3) is 5.59. The molecule has 0 rings (SSSR count). The van der Waals surface area contributed by atoms with E-state index in [9.17, 15) is 0 Å². The van der Waals surface area contributed by atoms with E-state index in [1.54, 1.807) is 11.6 Å². The van der Waals surface area contributed by atoms with Gasteiger partial charge >= 0.3 is 0 Å². The van der Waals surface area contributed by atoms with Crippen molar-refractivity contribution in [1.82, 2.24) is 10.3 Å². The van der Waals surface area contributed by atoms with Crippen LogP contribution in [0.2, 0.25) is 0 Å². The van der Waals surface area contributed by atoms with Gasteiger partial charge in [-0.15, -0.1) is 0 Å². The number of hydrogen-bond acceptors (Lipinski definition) is 3. The second kappa shape index (κ2) is 5.59. The molecule has 3 heteroatoms. The van der Waals surface area contributed by atoms with Gasteiger partial charge in [0.2, 0.25) is 0 Å². The van der Waals surface area contributed by atoms with Gasteiger partial charge in [0.15, 0.2) is 0 Å². The number of hydrazine groups is 1. The van der Waals surface area contributed by atoms with E-state index in [-0.39, 0.29) is 0 Å². The first-order chi connectivity index (χ1) is 3.41. The van der Waals surface area contributed by atoms with Gasteiger partial charge in [0.1, 0.15) is 0 Å². The van der Waals surface area contributed by atoms with E-state index in [2.05, 4.69) is 23.4 Å². The summed E-state index contributed by atoms with van der Waals surface area (Å²) in [6.45, 7) is 6.87. The molecule has 0 bridgehead atoms. The highest BCUT2D eigenvalue weighted by Crippen LogP contribution is 1.86. The molecule has 0 aliphatic rings. The molecule has 2 N–H and O–H groups in total. The fourth-order valence-electron chi connectivity index (χ4n) is 0.117. The minimum absolute atomic E-state index is 1.36. The van der Waals surface area contributed by atoms with Crippen molar-refractivity contribution in [3.05, 3.63) is 24.8 Å². The van der Waals surface area contributed by atoms with Crippen molar-refractivity contribution in [2.45, 2.75) is 0 Å². The first kappa shape index (κ1) is 6.59. The molecule has 0 fully saturated rings. The summed E-state index contributed by atoms with van der Waals surface area (Å²) in [5, 5.41) is 1.68. The Kier molecular flexibility index (Phi) is 5.26. The van der Waals surface area contributed by atoms with Gasteiger partial charge < -0.3 is 5.43 Å². The molecular weight excluding hydrogens is 108 g/mol. The van der Waals surface area contributed by atoms with Crippen molar-refractivity contribution >= 4 is 11.9 Å². The van der Waals surface area contributed by atoms with Crippen LogP contribution in [-0.4, -0.2) is 0 Å². The monoisotopic (exact) mass is 116 g/mol. The maximum atomic E-state index is 3.46. The van der Waals surface area contributed by atoms with E-state index in [1.807, 2.05) is 0 Å². The fourth-order valence-corrected chi connectivity index (χ4v) is 0.352. The zero-order valence-electron chi connectivity index (χ0n) is 3.98. The molecule has 40 valence electrons. The molecule has 0 aliphatic heterocycles. The van der Waals surface area contributed by atoms with Gasteiger partial charge in [-0.2, -0.15) is 4.83 Å². The van der Waals surface area contributed by atoms with Crippen molar-refractivity contribution in [1.29, 1.82) is 0 Å². The van der Waals surface area contributed by atoms with Crippen LogP contribution < -0.4 is 10.3 Å². The topological polar surface area (TPSA) is 24.1 Å². The van der Waals surface area contributed by atoms with Crippen LogP contribution in [0.5, 0.6) is 0 Å². The number of hydrogen-bond donors (Lipinski definition) is 2. The first-order valence-corrected chi connectivity index (χ1v) is 2.67.